The van der Waals surface area contributed by atoms with E-state index in [1.807, 2.05) is 36.4 Å². The fraction of sp³-hybridized carbons (Fsp3) is 0.0952. The fourth-order valence-electron chi connectivity index (χ4n) is 3.40. The molecule has 7 heteroatoms. The van der Waals surface area contributed by atoms with Gasteiger partial charge in [0.2, 0.25) is 0 Å². The van der Waals surface area contributed by atoms with Gasteiger partial charge in [-0.2, -0.15) is 0 Å². The van der Waals surface area contributed by atoms with E-state index < -0.39 is 12.1 Å². The molecule has 4 rings (SSSR count). The number of benzene rings is 2. The number of carboxylic acid groups (broad SMARTS) is 1. The maximum atomic E-state index is 12.2. The second-order valence-corrected chi connectivity index (χ2v) is 7.04. The second kappa shape index (κ2) is 7.44. The molecule has 0 aliphatic heterocycles. The Bertz CT molecular complexity index is 1040. The van der Waals surface area contributed by atoms with Crippen molar-refractivity contribution in [1.29, 1.82) is 0 Å². The molecule has 3 aromatic rings. The van der Waals surface area contributed by atoms with Crippen molar-refractivity contribution >= 4 is 33.8 Å². The summed E-state index contributed by atoms with van der Waals surface area (Å²) in [6, 6.07) is 18.9. The smallest absolute Gasteiger partial charge is 0.412 e. The molecule has 1 aromatic heterocycles. The predicted molar refractivity (Wildman–Crippen MR) is 108 cm³/mol. The number of anilines is 1. The predicted octanol–water partition coefficient (Wildman–Crippen LogP) is 4.90. The standard InChI is InChI=1S/C21H15BrN2O4/c22-19-16(20(25)26)9-10-18(23-19)24-21(27)28-11-17-14-7-3-1-5-12(14)13-6-2-4-8-15(13)17/h1-10,17H,11H2,(H,25,26)(H,23,24,27). The Morgan fingerprint density at radius 3 is 2.18 bits per heavy atom. The van der Waals surface area contributed by atoms with Gasteiger partial charge in [0.25, 0.3) is 0 Å². The highest BCUT2D eigenvalue weighted by molar-refractivity contribution is 9.10. The number of carboxylic acids is 1. The lowest BCUT2D eigenvalue weighted by Gasteiger charge is -2.14. The Labute approximate surface area is 169 Å². The molecule has 1 aliphatic carbocycles. The van der Waals surface area contributed by atoms with E-state index in [9.17, 15) is 9.59 Å². The number of hydrogen-bond donors (Lipinski definition) is 2. The Morgan fingerprint density at radius 2 is 1.61 bits per heavy atom. The summed E-state index contributed by atoms with van der Waals surface area (Å²) in [5.74, 6) is -0.937. The maximum Gasteiger partial charge on any atom is 0.412 e. The first-order chi connectivity index (χ1) is 13.5. The van der Waals surface area contributed by atoms with Crippen LogP contribution >= 0.6 is 15.9 Å². The number of amides is 1. The third kappa shape index (κ3) is 3.36. The number of carbonyl (C=O) groups is 2. The van der Waals surface area contributed by atoms with Gasteiger partial charge in [0.15, 0.2) is 0 Å². The van der Waals surface area contributed by atoms with Crippen LogP contribution in [0.2, 0.25) is 0 Å². The van der Waals surface area contributed by atoms with E-state index >= 15 is 0 Å². The van der Waals surface area contributed by atoms with Crippen LogP contribution in [0.15, 0.2) is 65.3 Å². The van der Waals surface area contributed by atoms with Gasteiger partial charge in [-0.3, -0.25) is 5.32 Å². The van der Waals surface area contributed by atoms with Crippen LogP contribution in [0.1, 0.15) is 27.4 Å². The number of halogens is 1. The zero-order valence-corrected chi connectivity index (χ0v) is 16.1. The highest BCUT2D eigenvalue weighted by Crippen LogP contribution is 2.44. The number of pyridine rings is 1. The second-order valence-electron chi connectivity index (χ2n) is 6.29. The lowest BCUT2D eigenvalue weighted by molar-refractivity contribution is 0.0695. The van der Waals surface area contributed by atoms with Gasteiger partial charge >= 0.3 is 12.1 Å². The van der Waals surface area contributed by atoms with Crippen LogP contribution in [0.5, 0.6) is 0 Å². The lowest BCUT2D eigenvalue weighted by atomic mass is 9.98. The van der Waals surface area contributed by atoms with Crippen molar-refractivity contribution in [2.24, 2.45) is 0 Å². The molecule has 6 nitrogen and oxygen atoms in total. The average molecular weight is 439 g/mol. The highest BCUT2D eigenvalue weighted by atomic mass is 79.9. The first kappa shape index (κ1) is 18.2. The molecule has 1 aliphatic rings. The van der Waals surface area contributed by atoms with Crippen molar-refractivity contribution in [3.05, 3.63) is 82.0 Å². The number of ether oxygens (including phenoxy) is 1. The zero-order chi connectivity index (χ0) is 19.7. The van der Waals surface area contributed by atoms with Crippen molar-refractivity contribution < 1.29 is 19.4 Å². The van der Waals surface area contributed by atoms with Crippen LogP contribution < -0.4 is 5.32 Å². The van der Waals surface area contributed by atoms with E-state index in [4.69, 9.17) is 9.84 Å². The van der Waals surface area contributed by atoms with Crippen LogP contribution in [0, 0.1) is 0 Å². The number of nitrogens with one attached hydrogen (secondary N) is 1. The van der Waals surface area contributed by atoms with Crippen LogP contribution in [-0.4, -0.2) is 28.8 Å². The first-order valence-electron chi connectivity index (χ1n) is 8.56. The molecule has 2 N–H and O–H groups in total. The van der Waals surface area contributed by atoms with Crippen LogP contribution in [0.3, 0.4) is 0 Å². The summed E-state index contributed by atoms with van der Waals surface area (Å²) in [7, 11) is 0. The molecule has 0 fully saturated rings. The van der Waals surface area contributed by atoms with Gasteiger partial charge < -0.3 is 9.84 Å². The van der Waals surface area contributed by atoms with E-state index in [0.29, 0.717) is 0 Å². The van der Waals surface area contributed by atoms with Gasteiger partial charge in [-0.15, -0.1) is 0 Å². The molecule has 0 saturated heterocycles. The first-order valence-corrected chi connectivity index (χ1v) is 9.35. The maximum absolute atomic E-state index is 12.2. The number of nitrogens with zero attached hydrogens (tertiary/aromatic N) is 1. The van der Waals surface area contributed by atoms with Crippen LogP contribution in [0.25, 0.3) is 11.1 Å². The molecule has 0 unspecified atom stereocenters. The third-order valence-corrected chi connectivity index (χ3v) is 5.26. The van der Waals surface area contributed by atoms with Gasteiger partial charge in [0.1, 0.15) is 17.0 Å². The minimum Gasteiger partial charge on any atom is -0.478 e. The van der Waals surface area contributed by atoms with Gasteiger partial charge in [-0.1, -0.05) is 48.5 Å². The van der Waals surface area contributed by atoms with Crippen molar-refractivity contribution in [2.45, 2.75) is 5.92 Å². The molecule has 0 bridgehead atoms. The molecule has 2 aromatic carbocycles. The van der Waals surface area contributed by atoms with Gasteiger partial charge in [-0.05, 0) is 50.3 Å². The van der Waals surface area contributed by atoms with E-state index in [1.54, 1.807) is 0 Å². The minimum absolute atomic E-state index is 0.0121. The lowest BCUT2D eigenvalue weighted by Crippen LogP contribution is -2.18. The summed E-state index contributed by atoms with van der Waals surface area (Å²) in [5.41, 5.74) is 4.58. The average Bonchev–Trinajstić information content (AvgIpc) is 3.00. The Kier molecular flexibility index (Phi) is 4.83. The third-order valence-electron chi connectivity index (χ3n) is 4.65. The van der Waals surface area contributed by atoms with E-state index in [-0.39, 0.29) is 28.5 Å². The zero-order valence-electron chi connectivity index (χ0n) is 14.6. The Hall–Kier alpha value is -3.19. The molecule has 28 heavy (non-hydrogen) atoms. The van der Waals surface area contributed by atoms with E-state index in [2.05, 4.69) is 38.4 Å². The summed E-state index contributed by atoms with van der Waals surface area (Å²) in [4.78, 5) is 27.3. The minimum atomic E-state index is -1.10. The number of hydrogen-bond acceptors (Lipinski definition) is 4. The molecule has 1 heterocycles. The van der Waals surface area contributed by atoms with Gasteiger partial charge in [0.05, 0.1) is 5.56 Å². The van der Waals surface area contributed by atoms with Gasteiger partial charge in [0, 0.05) is 5.92 Å². The molecule has 1 amide bonds. The van der Waals surface area contributed by atoms with E-state index in [1.165, 1.54) is 12.1 Å². The highest BCUT2D eigenvalue weighted by Gasteiger charge is 2.29. The summed E-state index contributed by atoms with van der Waals surface area (Å²) < 4.78 is 5.58. The number of rotatable bonds is 4. The molecular weight excluding hydrogens is 424 g/mol. The van der Waals surface area contributed by atoms with Crippen LogP contribution in [0.4, 0.5) is 10.6 Å². The number of aromatic carboxylic acids is 1. The Morgan fingerprint density at radius 1 is 1.00 bits per heavy atom. The molecule has 0 radical (unpaired) electrons. The summed E-state index contributed by atoms with van der Waals surface area (Å²) in [6.45, 7) is 0.189. The van der Waals surface area contributed by atoms with Crippen LogP contribution in [-0.2, 0) is 4.74 Å². The quantitative estimate of drug-likeness (QED) is 0.565. The van der Waals surface area contributed by atoms with Crippen molar-refractivity contribution in [3.8, 4) is 11.1 Å². The largest absolute Gasteiger partial charge is 0.478 e. The number of aromatic nitrogens is 1. The fourth-order valence-corrected chi connectivity index (χ4v) is 3.90. The summed E-state index contributed by atoms with van der Waals surface area (Å²) in [6.07, 6.45) is -0.649. The van der Waals surface area contributed by atoms with Gasteiger partial charge in [-0.25, -0.2) is 14.6 Å². The van der Waals surface area contributed by atoms with Crippen molar-refractivity contribution in [3.63, 3.8) is 0 Å². The van der Waals surface area contributed by atoms with Crippen molar-refractivity contribution in [1.82, 2.24) is 4.98 Å². The van der Waals surface area contributed by atoms with Crippen molar-refractivity contribution in [2.75, 3.05) is 11.9 Å². The number of carbonyl (C=O) groups excluding carboxylic acids is 1. The normalized spacial score (nSPS) is 12.2. The monoisotopic (exact) mass is 438 g/mol. The Balaban J connectivity index is 1.47. The SMILES string of the molecule is O=C(Nc1ccc(C(=O)O)c(Br)n1)OCC1c2ccccc2-c2ccccc21. The number of fused-ring (bicyclic) bond motifs is 3. The molecule has 0 atom stereocenters. The molecule has 140 valence electrons. The summed E-state index contributed by atoms with van der Waals surface area (Å²) >= 11 is 3.08. The van der Waals surface area contributed by atoms with E-state index in [0.717, 1.165) is 22.3 Å². The molecule has 0 spiro atoms. The molecular formula is C21H15BrN2O4. The summed E-state index contributed by atoms with van der Waals surface area (Å²) in [5, 5.41) is 11.5. The topological polar surface area (TPSA) is 88.5 Å². The molecule has 0 saturated carbocycles.